The lowest BCUT2D eigenvalue weighted by Gasteiger charge is -2.02. The van der Waals surface area contributed by atoms with E-state index in [1.54, 1.807) is 12.1 Å². The van der Waals surface area contributed by atoms with Crippen LogP contribution in [-0.2, 0) is 0 Å². The lowest BCUT2D eigenvalue weighted by Crippen LogP contribution is -2.07. The smallest absolute Gasteiger partial charge is 0.140 e. The van der Waals surface area contributed by atoms with Gasteiger partial charge in [0, 0.05) is 0 Å². The molecule has 0 saturated carbocycles. The van der Waals surface area contributed by atoms with Gasteiger partial charge >= 0.3 is 0 Å². The quantitative estimate of drug-likeness (QED) is 0.697. The Balaban J connectivity index is 3.17. The second-order valence-corrected chi connectivity index (χ2v) is 2.46. The van der Waals surface area contributed by atoms with Crippen molar-refractivity contribution in [2.24, 2.45) is 5.73 Å². The molecular weight excluding hydrogens is 169 g/mol. The summed E-state index contributed by atoms with van der Waals surface area (Å²) in [5, 5.41) is 17.0. The van der Waals surface area contributed by atoms with E-state index in [0.29, 0.717) is 5.56 Å². The second kappa shape index (κ2) is 3.66. The molecule has 0 aliphatic carbocycles. The van der Waals surface area contributed by atoms with Gasteiger partial charge in [0.15, 0.2) is 0 Å². The van der Waals surface area contributed by atoms with Crippen LogP contribution < -0.4 is 5.73 Å². The number of hydrogen-bond acceptors (Lipinski definition) is 3. The Hall–Kier alpha value is -1.91. The Morgan fingerprint density at radius 1 is 1.38 bits per heavy atom. The molecule has 64 valence electrons. The fourth-order valence-electron chi connectivity index (χ4n) is 0.897. The Labute approximate surface area is 74.8 Å². The van der Waals surface area contributed by atoms with Gasteiger partial charge in [-0.15, -0.1) is 0 Å². The van der Waals surface area contributed by atoms with Crippen molar-refractivity contribution < 1.29 is 4.39 Å². The fourth-order valence-corrected chi connectivity index (χ4v) is 0.897. The van der Waals surface area contributed by atoms with Gasteiger partial charge in [-0.3, -0.25) is 0 Å². The third kappa shape index (κ3) is 1.81. The molecule has 0 aliphatic rings. The van der Waals surface area contributed by atoms with Crippen LogP contribution in [0.5, 0.6) is 0 Å². The van der Waals surface area contributed by atoms with Crippen molar-refractivity contribution >= 4 is 0 Å². The topological polar surface area (TPSA) is 73.6 Å². The number of rotatable bonds is 1. The molecular formula is C9H6FN3. The molecule has 1 aromatic rings. The van der Waals surface area contributed by atoms with Gasteiger partial charge in [-0.25, -0.2) is 4.39 Å². The average Bonchev–Trinajstić information content (AvgIpc) is 2.17. The van der Waals surface area contributed by atoms with E-state index >= 15 is 0 Å². The summed E-state index contributed by atoms with van der Waals surface area (Å²) in [5.41, 5.74) is 5.73. The van der Waals surface area contributed by atoms with Gasteiger partial charge in [-0.1, -0.05) is 6.07 Å². The predicted molar refractivity (Wildman–Crippen MR) is 43.7 cm³/mol. The van der Waals surface area contributed by atoms with Crippen molar-refractivity contribution in [1.82, 2.24) is 0 Å². The summed E-state index contributed by atoms with van der Waals surface area (Å²) in [6.07, 6.45) is 0. The van der Waals surface area contributed by atoms with Gasteiger partial charge in [0.2, 0.25) is 0 Å². The molecule has 0 amide bonds. The van der Waals surface area contributed by atoms with Crippen LogP contribution in [0.1, 0.15) is 17.2 Å². The van der Waals surface area contributed by atoms with Crippen LogP contribution >= 0.6 is 0 Å². The van der Waals surface area contributed by atoms with Crippen LogP contribution in [0.2, 0.25) is 0 Å². The zero-order valence-electron chi connectivity index (χ0n) is 6.66. The number of hydrogen-bond donors (Lipinski definition) is 1. The lowest BCUT2D eigenvalue weighted by atomic mass is 10.1. The molecule has 1 atom stereocenters. The highest BCUT2D eigenvalue weighted by Crippen LogP contribution is 2.14. The maximum absolute atomic E-state index is 12.8. The number of benzene rings is 1. The maximum Gasteiger partial charge on any atom is 0.140 e. The molecule has 13 heavy (non-hydrogen) atoms. The van der Waals surface area contributed by atoms with E-state index in [-0.39, 0.29) is 5.56 Å². The summed E-state index contributed by atoms with van der Waals surface area (Å²) < 4.78 is 12.8. The SMILES string of the molecule is N#Cc1cc([C@@H](N)C#N)ccc1F. The zero-order valence-corrected chi connectivity index (χ0v) is 6.66. The van der Waals surface area contributed by atoms with Crippen LogP contribution in [0.25, 0.3) is 0 Å². The minimum absolute atomic E-state index is 0.0943. The molecule has 0 radical (unpaired) electrons. The van der Waals surface area contributed by atoms with Gasteiger partial charge < -0.3 is 5.73 Å². The first kappa shape index (κ1) is 9.18. The van der Waals surface area contributed by atoms with Crippen molar-refractivity contribution in [3.8, 4) is 12.1 Å². The highest BCUT2D eigenvalue weighted by molar-refractivity contribution is 5.37. The molecule has 1 aromatic carbocycles. The first-order valence-corrected chi connectivity index (χ1v) is 3.53. The molecule has 0 saturated heterocycles. The fraction of sp³-hybridized carbons (Fsp3) is 0.111. The van der Waals surface area contributed by atoms with Crippen LogP contribution in [0, 0.1) is 28.5 Å². The molecule has 0 heterocycles. The molecule has 0 unspecified atom stereocenters. The highest BCUT2D eigenvalue weighted by Gasteiger charge is 2.07. The number of halogens is 1. The number of nitriles is 2. The van der Waals surface area contributed by atoms with E-state index < -0.39 is 11.9 Å². The third-order valence-electron chi connectivity index (χ3n) is 1.61. The Morgan fingerprint density at radius 2 is 2.08 bits per heavy atom. The molecule has 2 N–H and O–H groups in total. The summed E-state index contributed by atoms with van der Waals surface area (Å²) in [6, 6.07) is 6.46. The summed E-state index contributed by atoms with van der Waals surface area (Å²) in [6.45, 7) is 0. The van der Waals surface area contributed by atoms with Gasteiger partial charge in [0.05, 0.1) is 11.6 Å². The summed E-state index contributed by atoms with van der Waals surface area (Å²) in [4.78, 5) is 0. The van der Waals surface area contributed by atoms with E-state index in [1.807, 2.05) is 0 Å². The number of nitrogens with zero attached hydrogens (tertiary/aromatic N) is 2. The zero-order chi connectivity index (χ0) is 9.84. The largest absolute Gasteiger partial charge is 0.312 e. The Morgan fingerprint density at radius 3 is 2.62 bits per heavy atom. The first-order chi connectivity index (χ1) is 6.19. The van der Waals surface area contributed by atoms with E-state index in [9.17, 15) is 4.39 Å². The van der Waals surface area contributed by atoms with Crippen molar-refractivity contribution in [1.29, 1.82) is 10.5 Å². The lowest BCUT2D eigenvalue weighted by molar-refractivity contribution is 0.622. The van der Waals surface area contributed by atoms with Gasteiger partial charge in [-0.2, -0.15) is 10.5 Å². The van der Waals surface area contributed by atoms with E-state index in [0.717, 1.165) is 6.07 Å². The van der Waals surface area contributed by atoms with Gasteiger partial charge in [0.25, 0.3) is 0 Å². The number of nitrogens with two attached hydrogens (primary N) is 1. The molecule has 4 heteroatoms. The normalized spacial score (nSPS) is 11.4. The minimum atomic E-state index is -0.812. The van der Waals surface area contributed by atoms with Crippen molar-refractivity contribution in [2.45, 2.75) is 6.04 Å². The standard InChI is InChI=1S/C9H6FN3/c10-8-2-1-6(9(13)5-12)3-7(8)4-11/h1-3,9H,13H2/t9-/m0/s1. The molecule has 0 bridgehead atoms. The van der Waals surface area contributed by atoms with Gasteiger partial charge in [0.1, 0.15) is 17.9 Å². The van der Waals surface area contributed by atoms with Gasteiger partial charge in [-0.05, 0) is 17.7 Å². The second-order valence-electron chi connectivity index (χ2n) is 2.46. The molecule has 0 fully saturated rings. The maximum atomic E-state index is 12.8. The molecule has 0 aromatic heterocycles. The van der Waals surface area contributed by atoms with Crippen LogP contribution in [0.3, 0.4) is 0 Å². The highest BCUT2D eigenvalue weighted by atomic mass is 19.1. The van der Waals surface area contributed by atoms with Crippen molar-refractivity contribution in [3.63, 3.8) is 0 Å². The van der Waals surface area contributed by atoms with Crippen LogP contribution in [-0.4, -0.2) is 0 Å². The first-order valence-electron chi connectivity index (χ1n) is 3.53. The molecule has 1 rings (SSSR count). The molecule has 3 nitrogen and oxygen atoms in total. The van der Waals surface area contributed by atoms with E-state index in [1.165, 1.54) is 12.1 Å². The minimum Gasteiger partial charge on any atom is -0.312 e. The molecule has 0 aliphatic heterocycles. The molecule has 0 spiro atoms. The summed E-state index contributed by atoms with van der Waals surface area (Å²) in [7, 11) is 0. The van der Waals surface area contributed by atoms with E-state index in [4.69, 9.17) is 16.3 Å². The summed E-state index contributed by atoms with van der Waals surface area (Å²) >= 11 is 0. The van der Waals surface area contributed by atoms with Crippen molar-refractivity contribution in [3.05, 3.63) is 35.1 Å². The summed E-state index contributed by atoms with van der Waals surface area (Å²) in [5.74, 6) is -0.601. The predicted octanol–water partition coefficient (Wildman–Crippen LogP) is 1.22. The van der Waals surface area contributed by atoms with Crippen LogP contribution in [0.15, 0.2) is 18.2 Å². The Kier molecular flexibility index (Phi) is 2.59. The van der Waals surface area contributed by atoms with Crippen molar-refractivity contribution in [2.75, 3.05) is 0 Å². The Bertz CT molecular complexity index is 400. The average molecular weight is 175 g/mol. The monoisotopic (exact) mass is 175 g/mol. The third-order valence-corrected chi connectivity index (χ3v) is 1.61. The van der Waals surface area contributed by atoms with Crippen LogP contribution in [0.4, 0.5) is 4.39 Å². The van der Waals surface area contributed by atoms with E-state index in [2.05, 4.69) is 0 Å².